The molecule has 0 saturated carbocycles. The molecule has 0 bridgehead atoms. The molecule has 0 aliphatic rings. The molecule has 0 fully saturated rings. The molecule has 9 heteroatoms. The minimum atomic E-state index is -0.417. The summed E-state index contributed by atoms with van der Waals surface area (Å²) in [6.07, 6.45) is 6.29. The van der Waals surface area contributed by atoms with Gasteiger partial charge in [-0.05, 0) is 23.5 Å². The summed E-state index contributed by atoms with van der Waals surface area (Å²) in [5.74, 6) is 0.208. The van der Waals surface area contributed by atoms with Crippen LogP contribution in [0.15, 0.2) is 96.7 Å². The summed E-state index contributed by atoms with van der Waals surface area (Å²) in [7, 11) is 0. The Kier molecular flexibility index (Phi) is 17.5. The second-order valence-corrected chi connectivity index (χ2v) is 17.7. The largest absolute Gasteiger partial charge is 0.512 e. The van der Waals surface area contributed by atoms with Gasteiger partial charge in [-0.2, -0.15) is 11.3 Å². The maximum atomic E-state index is 11.5. The molecule has 5 aromatic rings. The van der Waals surface area contributed by atoms with Crippen molar-refractivity contribution in [1.82, 2.24) is 9.97 Å². The van der Waals surface area contributed by atoms with E-state index >= 15 is 0 Å². The number of pyridine rings is 2. The van der Waals surface area contributed by atoms with Crippen LogP contribution in [0.3, 0.4) is 0 Å². The van der Waals surface area contributed by atoms with Crippen molar-refractivity contribution in [2.24, 2.45) is 21.7 Å². The van der Waals surface area contributed by atoms with E-state index in [1.807, 2.05) is 132 Å². The molecule has 5 rings (SSSR count). The number of aliphatic hydroxyl groups excluding tert-OH is 2. The summed E-state index contributed by atoms with van der Waals surface area (Å²) < 4.78 is 2.47. The van der Waals surface area contributed by atoms with Gasteiger partial charge >= 0.3 is 0 Å². The number of nitrogens with zero attached hydrogens (tertiary/aromatic N) is 2. The molecule has 2 N–H and O–H groups in total. The fraction of sp³-hybridized carbons (Fsp3) is 0.364. The number of thiophene rings is 1. The molecule has 3 aromatic heterocycles. The van der Waals surface area contributed by atoms with Crippen molar-refractivity contribution in [2.75, 3.05) is 0 Å². The smallest absolute Gasteiger partial charge is 0.164 e. The number of hydrogen-bond acceptors (Lipinski definition) is 7. The number of rotatable bonds is 4. The number of fused-ring (bicyclic) bond motifs is 3. The summed E-state index contributed by atoms with van der Waals surface area (Å²) in [4.78, 5) is 31.8. The van der Waals surface area contributed by atoms with Gasteiger partial charge in [0, 0.05) is 88.3 Å². The molecule has 0 aliphatic carbocycles. The molecule has 53 heavy (non-hydrogen) atoms. The van der Waals surface area contributed by atoms with Crippen molar-refractivity contribution in [2.45, 2.75) is 83.1 Å². The SMILES string of the molecule is CC(C)(C)C(=O)/C=C(\O)C(C)(C)C.CC(C)(C)C(=O)/C=C(\O)C(C)(C)C.[Pt].[Pt].[c-]1cc2c(cc1-c1ccccn1)sc1cc(-c3ccccn3)[c-]cc12. The molecule has 0 aliphatic heterocycles. The Morgan fingerprint density at radius 1 is 0.585 bits per heavy atom. The topological polar surface area (TPSA) is 100 Å². The second kappa shape index (κ2) is 19.4. The van der Waals surface area contributed by atoms with E-state index in [0.29, 0.717) is 0 Å². The van der Waals surface area contributed by atoms with E-state index in [0.717, 1.165) is 22.5 Å². The molecule has 6 nitrogen and oxygen atoms in total. The fourth-order valence-electron chi connectivity index (χ4n) is 4.11. The summed E-state index contributed by atoms with van der Waals surface area (Å²) in [6, 6.07) is 27.1. The van der Waals surface area contributed by atoms with Crippen molar-refractivity contribution in [3.05, 3.63) is 109 Å². The quantitative estimate of drug-likeness (QED) is 0.106. The fourth-order valence-corrected chi connectivity index (χ4v) is 5.25. The Bertz CT molecular complexity index is 1880. The first kappa shape index (κ1) is 47.8. The van der Waals surface area contributed by atoms with Crippen LogP contribution < -0.4 is 0 Å². The van der Waals surface area contributed by atoms with Crippen LogP contribution >= 0.6 is 11.3 Å². The zero-order valence-electron chi connectivity index (χ0n) is 32.7. The Hall–Kier alpha value is -3.24. The number of carbonyl (C=O) groups excluding carboxylic acids is 2. The zero-order valence-corrected chi connectivity index (χ0v) is 38.1. The van der Waals surface area contributed by atoms with Crippen molar-refractivity contribution in [3.8, 4) is 22.5 Å². The monoisotopic (exact) mass is 1090 g/mol. The third-order valence-corrected chi connectivity index (χ3v) is 8.88. The predicted molar refractivity (Wildman–Crippen MR) is 213 cm³/mol. The summed E-state index contributed by atoms with van der Waals surface area (Å²) >= 11 is 1.78. The molecule has 0 unspecified atom stereocenters. The Labute approximate surface area is 348 Å². The van der Waals surface area contributed by atoms with Crippen LogP contribution in [0, 0.1) is 33.8 Å². The van der Waals surface area contributed by atoms with Crippen molar-refractivity contribution < 1.29 is 61.9 Å². The number of allylic oxidation sites excluding steroid dienone is 4. The Morgan fingerprint density at radius 3 is 1.19 bits per heavy atom. The molecular weight excluding hydrogens is 1040 g/mol. The number of ketones is 2. The van der Waals surface area contributed by atoms with E-state index in [1.54, 1.807) is 11.3 Å². The zero-order chi connectivity index (χ0) is 38.4. The summed E-state index contributed by atoms with van der Waals surface area (Å²) in [5.41, 5.74) is 2.41. The molecule has 3 heterocycles. The Balaban J connectivity index is 0.000000433. The van der Waals surface area contributed by atoms with Crippen LogP contribution in [0.2, 0.25) is 0 Å². The van der Waals surface area contributed by atoms with Gasteiger partial charge in [0.2, 0.25) is 0 Å². The van der Waals surface area contributed by atoms with Crippen LogP contribution in [-0.4, -0.2) is 31.7 Å². The minimum Gasteiger partial charge on any atom is -0.512 e. The van der Waals surface area contributed by atoms with Crippen LogP contribution in [0.5, 0.6) is 0 Å². The van der Waals surface area contributed by atoms with Crippen molar-refractivity contribution in [1.29, 1.82) is 0 Å². The molecule has 0 spiro atoms. The van der Waals surface area contributed by atoms with Gasteiger partial charge in [-0.3, -0.25) is 9.59 Å². The normalized spacial score (nSPS) is 12.4. The van der Waals surface area contributed by atoms with Gasteiger partial charge in [-0.15, -0.1) is 58.3 Å². The van der Waals surface area contributed by atoms with Gasteiger partial charge < -0.3 is 20.2 Å². The molecule has 290 valence electrons. The maximum absolute atomic E-state index is 11.5. The van der Waals surface area contributed by atoms with E-state index < -0.39 is 10.8 Å². The molecule has 0 radical (unpaired) electrons. The summed E-state index contributed by atoms with van der Waals surface area (Å²) in [6.45, 7) is 22.2. The first-order valence-corrected chi connectivity index (χ1v) is 17.8. The van der Waals surface area contributed by atoms with Crippen molar-refractivity contribution in [3.63, 3.8) is 0 Å². The predicted octanol–water partition coefficient (Wildman–Crippen LogP) is 12.0. The molecule has 2 aromatic carbocycles. The van der Waals surface area contributed by atoms with E-state index in [-0.39, 0.29) is 76.0 Å². The second-order valence-electron chi connectivity index (χ2n) is 16.6. The first-order chi connectivity index (χ1) is 23.5. The molecular formula is C44H52N2O4Pt2S-2. The average Bonchev–Trinajstić information content (AvgIpc) is 3.41. The van der Waals surface area contributed by atoms with E-state index in [9.17, 15) is 19.8 Å². The van der Waals surface area contributed by atoms with Gasteiger partial charge in [-0.1, -0.05) is 117 Å². The van der Waals surface area contributed by atoms with E-state index in [1.165, 1.54) is 32.3 Å². The van der Waals surface area contributed by atoms with Gasteiger partial charge in [0.25, 0.3) is 0 Å². The maximum Gasteiger partial charge on any atom is 0.164 e. The Morgan fingerprint density at radius 2 is 0.925 bits per heavy atom. The van der Waals surface area contributed by atoms with E-state index in [2.05, 4.69) is 46.4 Å². The van der Waals surface area contributed by atoms with Crippen LogP contribution in [0.25, 0.3) is 42.7 Å². The molecule has 0 saturated heterocycles. The van der Waals surface area contributed by atoms with Gasteiger partial charge in [-0.25, -0.2) is 0 Å². The number of aromatic nitrogens is 2. The van der Waals surface area contributed by atoms with Gasteiger partial charge in [0.15, 0.2) is 11.6 Å². The van der Waals surface area contributed by atoms with Crippen LogP contribution in [-0.2, 0) is 51.7 Å². The molecule has 0 atom stereocenters. The minimum absolute atomic E-state index is 0. The van der Waals surface area contributed by atoms with Gasteiger partial charge in [0.1, 0.15) is 11.5 Å². The first-order valence-electron chi connectivity index (χ1n) is 17.0. The van der Waals surface area contributed by atoms with Crippen molar-refractivity contribution >= 4 is 43.1 Å². The number of carbonyl (C=O) groups is 2. The van der Waals surface area contributed by atoms with Crippen LogP contribution in [0.4, 0.5) is 0 Å². The number of benzene rings is 2. The third-order valence-electron chi connectivity index (χ3n) is 7.77. The number of aliphatic hydroxyl groups is 2. The summed E-state index contributed by atoms with van der Waals surface area (Å²) in [5, 5.41) is 21.5. The molecule has 0 amide bonds. The van der Waals surface area contributed by atoms with Crippen LogP contribution in [0.1, 0.15) is 83.1 Å². The standard InChI is InChI=1S/C22H12N2S.2C11H20O2.2Pt/c1-3-11-23-19(5-1)15-7-9-17-18-10-8-16(20-6-2-4-12-24-20)14-22(18)25-21(17)13-15;2*1-10(2,3)8(12)7-9(13)11(4,5)6;;/h1-6,9-14H;2*7,12H,1-6H3;;/q-2;;;;/b;2*8-7-;;. The third kappa shape index (κ3) is 14.2. The van der Waals surface area contributed by atoms with E-state index in [4.69, 9.17) is 0 Å². The van der Waals surface area contributed by atoms with Gasteiger partial charge in [0.05, 0.1) is 0 Å². The average molecular weight is 1100 g/mol. The number of hydrogen-bond donors (Lipinski definition) is 2.